The maximum atomic E-state index is 11.8. The largest absolute Gasteiger partial charge is 0.427 e. The number of amides is 2. The summed E-state index contributed by atoms with van der Waals surface area (Å²) < 4.78 is 5.38. The third-order valence-electron chi connectivity index (χ3n) is 6.40. The van der Waals surface area contributed by atoms with Crippen LogP contribution >= 0.6 is 11.8 Å². The fraction of sp³-hybridized carbons (Fsp3) is 0.333. The van der Waals surface area contributed by atoms with E-state index < -0.39 is 0 Å². The van der Waals surface area contributed by atoms with Gasteiger partial charge in [0.25, 0.3) is 0 Å². The van der Waals surface area contributed by atoms with Gasteiger partial charge in [0.05, 0.1) is 12.1 Å². The number of carbonyl (C=O) groups is 2. The SMILES string of the molecule is CCCCC(=O)Oc1ccc(C2Nc3cccc4cccc(c34)N2)cc1.O=C1NC2CSCC2N1. The van der Waals surface area contributed by atoms with Crippen LogP contribution in [0.25, 0.3) is 10.8 Å². The Morgan fingerprint density at radius 3 is 2.14 bits per heavy atom. The van der Waals surface area contributed by atoms with Crippen molar-refractivity contribution in [2.45, 2.75) is 44.4 Å². The minimum Gasteiger partial charge on any atom is -0.427 e. The highest BCUT2D eigenvalue weighted by molar-refractivity contribution is 7.99. The van der Waals surface area contributed by atoms with Gasteiger partial charge in [-0.1, -0.05) is 49.7 Å². The topological polar surface area (TPSA) is 91.5 Å². The van der Waals surface area contributed by atoms with Gasteiger partial charge in [0.1, 0.15) is 11.9 Å². The third-order valence-corrected chi connectivity index (χ3v) is 7.59. The van der Waals surface area contributed by atoms with Crippen LogP contribution in [0.2, 0.25) is 0 Å². The van der Waals surface area contributed by atoms with Crippen molar-refractivity contribution in [2.24, 2.45) is 0 Å². The molecule has 0 bridgehead atoms. The molecule has 0 saturated carbocycles. The molecule has 3 heterocycles. The van der Waals surface area contributed by atoms with Crippen LogP contribution in [-0.2, 0) is 4.79 Å². The van der Waals surface area contributed by atoms with Crippen LogP contribution in [0, 0.1) is 0 Å². The monoisotopic (exact) mass is 490 g/mol. The van der Waals surface area contributed by atoms with Gasteiger partial charge in [-0.15, -0.1) is 0 Å². The molecule has 3 aliphatic rings. The van der Waals surface area contributed by atoms with E-state index in [-0.39, 0.29) is 18.2 Å². The van der Waals surface area contributed by atoms with Gasteiger partial charge in [-0.25, -0.2) is 4.79 Å². The number of anilines is 2. The zero-order valence-electron chi connectivity index (χ0n) is 19.7. The highest BCUT2D eigenvalue weighted by atomic mass is 32.2. The van der Waals surface area contributed by atoms with Gasteiger partial charge in [0.15, 0.2) is 0 Å². The highest BCUT2D eigenvalue weighted by Gasteiger charge is 2.35. The van der Waals surface area contributed by atoms with E-state index in [1.165, 1.54) is 10.8 Å². The van der Waals surface area contributed by atoms with Crippen molar-refractivity contribution in [3.05, 3.63) is 66.2 Å². The molecule has 2 fully saturated rings. The molecule has 2 unspecified atom stereocenters. The number of hydrogen-bond donors (Lipinski definition) is 4. The summed E-state index contributed by atoms with van der Waals surface area (Å²) in [6.45, 7) is 2.06. The molecule has 7 nitrogen and oxygen atoms in total. The predicted octanol–water partition coefficient (Wildman–Crippen LogP) is 5.25. The van der Waals surface area contributed by atoms with Crippen LogP contribution < -0.4 is 26.0 Å². The van der Waals surface area contributed by atoms with Crippen LogP contribution in [0.4, 0.5) is 16.2 Å². The summed E-state index contributed by atoms with van der Waals surface area (Å²) in [6.07, 6.45) is 2.28. The van der Waals surface area contributed by atoms with Crippen LogP contribution in [-0.4, -0.2) is 35.6 Å². The Kier molecular flexibility index (Phi) is 6.99. The Bertz CT molecular complexity index is 1160. The lowest BCUT2D eigenvalue weighted by Gasteiger charge is -2.29. The second kappa shape index (κ2) is 10.5. The second-order valence-corrected chi connectivity index (χ2v) is 10.0. The Morgan fingerprint density at radius 2 is 1.54 bits per heavy atom. The number of thioether (sulfide) groups is 1. The van der Waals surface area contributed by atoms with Gasteiger partial charge in [-0.05, 0) is 41.6 Å². The number of fused-ring (bicyclic) bond motifs is 1. The number of esters is 1. The highest BCUT2D eigenvalue weighted by Crippen LogP contribution is 2.38. The molecule has 2 amide bonds. The maximum absolute atomic E-state index is 11.8. The number of rotatable bonds is 5. The van der Waals surface area contributed by atoms with Gasteiger partial charge in [-0.3, -0.25) is 4.79 Å². The molecule has 3 aliphatic heterocycles. The van der Waals surface area contributed by atoms with E-state index in [4.69, 9.17) is 4.74 Å². The summed E-state index contributed by atoms with van der Waals surface area (Å²) in [5.74, 6) is 2.56. The van der Waals surface area contributed by atoms with Crippen molar-refractivity contribution in [2.75, 3.05) is 22.1 Å². The van der Waals surface area contributed by atoms with E-state index in [0.717, 1.165) is 41.3 Å². The first-order valence-electron chi connectivity index (χ1n) is 12.1. The lowest BCUT2D eigenvalue weighted by molar-refractivity contribution is -0.134. The van der Waals surface area contributed by atoms with E-state index in [0.29, 0.717) is 24.3 Å². The summed E-state index contributed by atoms with van der Waals surface area (Å²) >= 11 is 1.89. The van der Waals surface area contributed by atoms with E-state index in [1.54, 1.807) is 0 Å². The molecule has 0 radical (unpaired) electrons. The quantitative estimate of drug-likeness (QED) is 0.222. The molecule has 0 aliphatic carbocycles. The van der Waals surface area contributed by atoms with Crippen molar-refractivity contribution in [1.29, 1.82) is 0 Å². The molecule has 4 N–H and O–H groups in total. The van der Waals surface area contributed by atoms with Crippen LogP contribution in [0.15, 0.2) is 60.7 Å². The molecule has 2 atom stereocenters. The lowest BCUT2D eigenvalue weighted by atomic mass is 10.0. The molecule has 0 aromatic heterocycles. The number of hydrogen-bond acceptors (Lipinski definition) is 6. The molecule has 8 heteroatoms. The molecular weight excluding hydrogens is 460 g/mol. The summed E-state index contributed by atoms with van der Waals surface area (Å²) in [6, 6.07) is 21.1. The Morgan fingerprint density at radius 1 is 0.914 bits per heavy atom. The molecule has 182 valence electrons. The van der Waals surface area contributed by atoms with Crippen LogP contribution in [0.1, 0.15) is 37.9 Å². The molecule has 3 aromatic carbocycles. The number of benzene rings is 3. The normalized spacial score (nSPS) is 20.0. The van der Waals surface area contributed by atoms with Gasteiger partial charge >= 0.3 is 12.0 Å². The molecular formula is C27H30N4O3S. The third kappa shape index (κ3) is 5.32. The van der Waals surface area contributed by atoms with E-state index in [9.17, 15) is 9.59 Å². The molecule has 6 rings (SSSR count). The van der Waals surface area contributed by atoms with E-state index in [2.05, 4.69) is 64.6 Å². The second-order valence-electron chi connectivity index (χ2n) is 8.95. The first kappa shape index (κ1) is 23.4. The van der Waals surface area contributed by atoms with Crippen molar-refractivity contribution < 1.29 is 14.3 Å². The molecule has 3 aromatic rings. The molecule has 35 heavy (non-hydrogen) atoms. The standard InChI is InChI=1S/C22H22N2O2.C5H8N2OS/c1-2-3-10-20(25)26-17-13-11-16(12-14-17)22-23-18-8-4-6-15-7-5-9-19(24-22)21(15)18;8-5-6-3-1-9-2-4(3)7-5/h4-9,11-14,22-24H,2-3,10H2,1H3;3-4H,1-2H2,(H2,6,7,8). The summed E-state index contributed by atoms with van der Waals surface area (Å²) in [5.41, 5.74) is 3.33. The van der Waals surface area contributed by atoms with Crippen molar-refractivity contribution in [3.8, 4) is 5.75 Å². The molecule has 0 spiro atoms. The maximum Gasteiger partial charge on any atom is 0.315 e. The summed E-state index contributed by atoms with van der Waals surface area (Å²) in [4.78, 5) is 22.4. The van der Waals surface area contributed by atoms with Crippen molar-refractivity contribution in [3.63, 3.8) is 0 Å². The zero-order chi connectivity index (χ0) is 24.2. The van der Waals surface area contributed by atoms with Crippen molar-refractivity contribution in [1.82, 2.24) is 10.6 Å². The average Bonchev–Trinajstić information content (AvgIpc) is 3.45. The van der Waals surface area contributed by atoms with Gasteiger partial charge in [0, 0.05) is 34.7 Å². The molecule has 2 saturated heterocycles. The number of ether oxygens (including phenoxy) is 1. The first-order valence-corrected chi connectivity index (χ1v) is 13.3. The average molecular weight is 491 g/mol. The fourth-order valence-electron chi connectivity index (χ4n) is 4.54. The van der Waals surface area contributed by atoms with Gasteiger partial charge in [-0.2, -0.15) is 11.8 Å². The Hall–Kier alpha value is -3.39. The Balaban J connectivity index is 0.000000234. The first-order chi connectivity index (χ1) is 17.1. The predicted molar refractivity (Wildman–Crippen MR) is 142 cm³/mol. The van der Waals surface area contributed by atoms with Crippen LogP contribution in [0.3, 0.4) is 0 Å². The van der Waals surface area contributed by atoms with Crippen LogP contribution in [0.5, 0.6) is 5.75 Å². The number of nitrogens with one attached hydrogen (secondary N) is 4. The minimum absolute atomic E-state index is 0.00491. The van der Waals surface area contributed by atoms with Crippen molar-refractivity contribution >= 4 is 45.9 Å². The van der Waals surface area contributed by atoms with Gasteiger partial charge in [0.2, 0.25) is 0 Å². The smallest absolute Gasteiger partial charge is 0.315 e. The Labute approximate surface area is 209 Å². The zero-order valence-corrected chi connectivity index (χ0v) is 20.5. The fourth-order valence-corrected chi connectivity index (χ4v) is 5.82. The van der Waals surface area contributed by atoms with E-state index >= 15 is 0 Å². The summed E-state index contributed by atoms with van der Waals surface area (Å²) in [7, 11) is 0. The lowest BCUT2D eigenvalue weighted by Crippen LogP contribution is -2.31. The number of unbranched alkanes of at least 4 members (excludes halogenated alkanes) is 1. The van der Waals surface area contributed by atoms with E-state index in [1.807, 2.05) is 36.0 Å². The number of urea groups is 1. The summed E-state index contributed by atoms with van der Waals surface area (Å²) in [5, 5.41) is 15.2. The number of carbonyl (C=O) groups excluding carboxylic acids is 2. The van der Waals surface area contributed by atoms with Gasteiger partial charge < -0.3 is 26.0 Å². The minimum atomic E-state index is -0.172.